The van der Waals surface area contributed by atoms with E-state index >= 15 is 0 Å². The summed E-state index contributed by atoms with van der Waals surface area (Å²) in [5.74, 6) is -0.992. The van der Waals surface area contributed by atoms with Crippen LogP contribution in [-0.4, -0.2) is 36.9 Å². The number of carboxylic acid groups (broad SMARTS) is 1. The summed E-state index contributed by atoms with van der Waals surface area (Å²) in [5, 5.41) is 9.70. The summed E-state index contributed by atoms with van der Waals surface area (Å²) in [6.07, 6.45) is 2.15. The van der Waals surface area contributed by atoms with Gasteiger partial charge in [0.05, 0.1) is 10.4 Å². The van der Waals surface area contributed by atoms with E-state index in [9.17, 15) is 18.3 Å². The van der Waals surface area contributed by atoms with Crippen LogP contribution in [0.5, 0.6) is 0 Å². The summed E-state index contributed by atoms with van der Waals surface area (Å²) in [7, 11) is -3.74. The lowest BCUT2D eigenvalue weighted by Crippen LogP contribution is -2.37. The zero-order chi connectivity index (χ0) is 15.3. The van der Waals surface area contributed by atoms with Gasteiger partial charge in [0.2, 0.25) is 10.0 Å². The van der Waals surface area contributed by atoms with Crippen LogP contribution in [0.25, 0.3) is 0 Å². The minimum atomic E-state index is -3.74. The summed E-state index contributed by atoms with van der Waals surface area (Å²) < 4.78 is 26.7. The minimum absolute atomic E-state index is 0.0422. The molecule has 0 amide bonds. The molecule has 1 saturated heterocycles. The zero-order valence-corrected chi connectivity index (χ0v) is 12.9. The first-order chi connectivity index (χ1) is 9.88. The highest BCUT2D eigenvalue weighted by atomic mass is 35.5. The second kappa shape index (κ2) is 4.97. The van der Waals surface area contributed by atoms with Crippen LogP contribution in [0.4, 0.5) is 0 Å². The molecule has 0 radical (unpaired) electrons. The van der Waals surface area contributed by atoms with Gasteiger partial charge in [-0.2, -0.15) is 4.31 Å². The van der Waals surface area contributed by atoms with Crippen LogP contribution >= 0.6 is 11.6 Å². The smallest absolute Gasteiger partial charge is 0.311 e. The Morgan fingerprint density at radius 3 is 2.71 bits per heavy atom. The molecule has 1 aliphatic heterocycles. The van der Waals surface area contributed by atoms with Gasteiger partial charge in [0.25, 0.3) is 0 Å². The molecule has 0 unspecified atom stereocenters. The number of halogens is 1. The Hall–Kier alpha value is -1.11. The van der Waals surface area contributed by atoms with E-state index in [2.05, 4.69) is 0 Å². The van der Waals surface area contributed by atoms with Crippen LogP contribution < -0.4 is 0 Å². The van der Waals surface area contributed by atoms with Crippen molar-refractivity contribution >= 4 is 27.6 Å². The van der Waals surface area contributed by atoms with Gasteiger partial charge in [0.1, 0.15) is 4.90 Å². The van der Waals surface area contributed by atoms with Gasteiger partial charge in [0.15, 0.2) is 0 Å². The van der Waals surface area contributed by atoms with Crippen LogP contribution in [0.1, 0.15) is 19.3 Å². The maximum absolute atomic E-state index is 12.7. The van der Waals surface area contributed by atoms with Crippen molar-refractivity contribution < 1.29 is 18.3 Å². The molecule has 1 N–H and O–H groups in total. The molecule has 3 rings (SSSR count). The minimum Gasteiger partial charge on any atom is -0.481 e. The van der Waals surface area contributed by atoms with Crippen molar-refractivity contribution in [2.75, 3.05) is 13.1 Å². The first-order valence-electron chi connectivity index (χ1n) is 6.86. The summed E-state index contributed by atoms with van der Waals surface area (Å²) in [6.45, 7) is 0.306. The molecular formula is C14H16ClNO4S. The van der Waals surface area contributed by atoms with Crippen LogP contribution in [-0.2, 0) is 14.8 Å². The van der Waals surface area contributed by atoms with Crippen molar-refractivity contribution in [3.8, 4) is 0 Å². The van der Waals surface area contributed by atoms with E-state index in [1.807, 2.05) is 0 Å². The van der Waals surface area contributed by atoms with Crippen molar-refractivity contribution in [3.05, 3.63) is 29.3 Å². The third-order valence-corrected chi connectivity index (χ3v) is 7.03. The second-order valence-electron chi connectivity index (χ2n) is 5.78. The highest BCUT2D eigenvalue weighted by Gasteiger charge is 2.57. The quantitative estimate of drug-likeness (QED) is 0.922. The molecule has 1 aromatic carbocycles. The van der Waals surface area contributed by atoms with E-state index in [0.29, 0.717) is 6.42 Å². The van der Waals surface area contributed by atoms with Crippen molar-refractivity contribution in [1.82, 2.24) is 4.31 Å². The predicted molar refractivity (Wildman–Crippen MR) is 77.6 cm³/mol. The van der Waals surface area contributed by atoms with Gasteiger partial charge in [-0.3, -0.25) is 4.79 Å². The Labute approximate surface area is 128 Å². The topological polar surface area (TPSA) is 74.7 Å². The molecule has 0 spiro atoms. The highest BCUT2D eigenvalue weighted by Crippen LogP contribution is 2.50. The number of benzene rings is 1. The fourth-order valence-electron chi connectivity index (χ4n) is 3.57. The average molecular weight is 330 g/mol. The van der Waals surface area contributed by atoms with Crippen LogP contribution in [0.15, 0.2) is 29.2 Å². The number of aliphatic carboxylic acids is 1. The van der Waals surface area contributed by atoms with Gasteiger partial charge in [-0.1, -0.05) is 30.2 Å². The molecular weight excluding hydrogens is 314 g/mol. The fourth-order valence-corrected chi connectivity index (χ4v) is 5.62. The maximum Gasteiger partial charge on any atom is 0.311 e. The molecule has 2 aliphatic rings. The molecule has 1 heterocycles. The lowest BCUT2D eigenvalue weighted by atomic mass is 9.81. The third kappa shape index (κ3) is 2.17. The maximum atomic E-state index is 12.7. The molecule has 1 aliphatic carbocycles. The SMILES string of the molecule is O=C(O)[C@@]12CCC[C@H]1CN(S(=O)(=O)c1ccccc1Cl)C2. The van der Waals surface area contributed by atoms with Crippen LogP contribution in [0, 0.1) is 11.3 Å². The Morgan fingerprint density at radius 1 is 1.38 bits per heavy atom. The van der Waals surface area contributed by atoms with Gasteiger partial charge in [-0.15, -0.1) is 0 Å². The standard InChI is InChI=1S/C14H16ClNO4S/c15-11-5-1-2-6-12(11)21(19,20)16-8-10-4-3-7-14(10,9-16)13(17)18/h1-2,5-6,10H,3-4,7-9H2,(H,17,18)/t10-,14+/m0/s1. The van der Waals surface area contributed by atoms with E-state index in [0.717, 1.165) is 12.8 Å². The summed E-state index contributed by atoms with van der Waals surface area (Å²) in [5.41, 5.74) is -0.922. The largest absolute Gasteiger partial charge is 0.481 e. The third-order valence-electron chi connectivity index (χ3n) is 4.72. The zero-order valence-electron chi connectivity index (χ0n) is 11.3. The van der Waals surface area contributed by atoms with Crippen molar-refractivity contribution in [2.45, 2.75) is 24.2 Å². The number of hydrogen-bond acceptors (Lipinski definition) is 3. The van der Waals surface area contributed by atoms with E-state index in [4.69, 9.17) is 11.6 Å². The van der Waals surface area contributed by atoms with E-state index in [1.54, 1.807) is 12.1 Å². The van der Waals surface area contributed by atoms with Gasteiger partial charge in [-0.25, -0.2) is 8.42 Å². The molecule has 2 atom stereocenters. The predicted octanol–water partition coefficient (Wildman–Crippen LogP) is 2.22. The fraction of sp³-hybridized carbons (Fsp3) is 0.500. The Kier molecular flexibility index (Phi) is 3.50. The Morgan fingerprint density at radius 2 is 2.10 bits per heavy atom. The van der Waals surface area contributed by atoms with Gasteiger partial charge >= 0.3 is 5.97 Å². The number of carbonyl (C=O) groups is 1. The second-order valence-corrected chi connectivity index (χ2v) is 8.09. The van der Waals surface area contributed by atoms with Crippen molar-refractivity contribution in [3.63, 3.8) is 0 Å². The van der Waals surface area contributed by atoms with Gasteiger partial charge < -0.3 is 5.11 Å². The molecule has 5 nitrogen and oxygen atoms in total. The van der Waals surface area contributed by atoms with Gasteiger partial charge in [0, 0.05) is 13.1 Å². The van der Waals surface area contributed by atoms with E-state index < -0.39 is 21.4 Å². The number of rotatable bonds is 3. The van der Waals surface area contributed by atoms with Crippen LogP contribution in [0.3, 0.4) is 0 Å². The monoisotopic (exact) mass is 329 g/mol. The molecule has 2 fully saturated rings. The molecule has 1 aromatic rings. The Bertz CT molecular complexity index is 690. The number of hydrogen-bond donors (Lipinski definition) is 1. The van der Waals surface area contributed by atoms with Crippen molar-refractivity contribution in [1.29, 1.82) is 0 Å². The van der Waals surface area contributed by atoms with Crippen LogP contribution in [0.2, 0.25) is 5.02 Å². The molecule has 0 bridgehead atoms. The van der Waals surface area contributed by atoms with Gasteiger partial charge in [-0.05, 0) is 30.9 Å². The first kappa shape index (κ1) is 14.8. The molecule has 7 heteroatoms. The molecule has 0 aromatic heterocycles. The molecule has 21 heavy (non-hydrogen) atoms. The number of fused-ring (bicyclic) bond motifs is 1. The van der Waals surface area contributed by atoms with E-state index in [-0.39, 0.29) is 28.9 Å². The summed E-state index contributed by atoms with van der Waals surface area (Å²) >= 11 is 5.98. The number of carboxylic acids is 1. The first-order valence-corrected chi connectivity index (χ1v) is 8.68. The Balaban J connectivity index is 1.96. The molecule has 1 saturated carbocycles. The lowest BCUT2D eigenvalue weighted by molar-refractivity contribution is -0.149. The number of sulfonamides is 1. The van der Waals surface area contributed by atoms with E-state index in [1.165, 1.54) is 16.4 Å². The normalized spacial score (nSPS) is 29.5. The average Bonchev–Trinajstić information content (AvgIpc) is 2.96. The lowest BCUT2D eigenvalue weighted by Gasteiger charge is -2.23. The summed E-state index contributed by atoms with van der Waals surface area (Å²) in [4.78, 5) is 11.7. The number of nitrogens with zero attached hydrogens (tertiary/aromatic N) is 1. The highest BCUT2D eigenvalue weighted by molar-refractivity contribution is 7.89. The molecule has 114 valence electrons. The summed E-state index contributed by atoms with van der Waals surface area (Å²) in [6, 6.07) is 6.26. The van der Waals surface area contributed by atoms with Crippen molar-refractivity contribution in [2.24, 2.45) is 11.3 Å².